The number of fused-ring (bicyclic) bond motifs is 3. The van der Waals surface area contributed by atoms with Crippen LogP contribution in [0.2, 0.25) is 0 Å². The van der Waals surface area contributed by atoms with Gasteiger partial charge in [-0.25, -0.2) is 4.99 Å². The Kier molecular flexibility index (Phi) is 3.87. The Morgan fingerprint density at radius 1 is 0.826 bits per heavy atom. The molecule has 4 rings (SSSR count). The predicted octanol–water partition coefficient (Wildman–Crippen LogP) is 3.59. The second-order valence-electron chi connectivity index (χ2n) is 5.66. The summed E-state index contributed by atoms with van der Waals surface area (Å²) in [5.74, 6) is 0. The molecule has 0 spiro atoms. The first-order valence-corrected chi connectivity index (χ1v) is 9.16. The molecular weight excluding hydrogens is 304 g/mol. The second-order valence-corrected chi connectivity index (χ2v) is 6.43. The molecule has 2 aromatic rings. The van der Waals surface area contributed by atoms with E-state index in [0.29, 0.717) is 0 Å². The van der Waals surface area contributed by atoms with E-state index in [1.54, 1.807) is 11.8 Å². The highest BCUT2D eigenvalue weighted by Gasteiger charge is 2.29. The molecule has 2 aliphatic heterocycles. The van der Waals surface area contributed by atoms with Gasteiger partial charge in [0, 0.05) is 18.8 Å². The van der Waals surface area contributed by atoms with Gasteiger partial charge in [0.15, 0.2) is 5.17 Å². The normalized spacial score (nSPS) is 17.3. The molecule has 1 fully saturated rings. The standard InChI is InChI=1S/C18H20N4S/c1-23-18-19-16-9-5-6-10-17(16)21-13-11-20(12-14-22(18)21)15-7-3-2-4-8-15/h2-10H,11-14H2,1H3. The maximum absolute atomic E-state index is 4.83. The number of benzene rings is 2. The van der Waals surface area contributed by atoms with Crippen LogP contribution in [0.15, 0.2) is 59.6 Å². The van der Waals surface area contributed by atoms with Crippen molar-refractivity contribution in [3.05, 3.63) is 54.6 Å². The molecule has 2 aromatic carbocycles. The molecule has 0 atom stereocenters. The van der Waals surface area contributed by atoms with Crippen molar-refractivity contribution in [1.29, 1.82) is 0 Å². The van der Waals surface area contributed by atoms with Gasteiger partial charge >= 0.3 is 0 Å². The number of amidine groups is 1. The third-order valence-electron chi connectivity index (χ3n) is 4.36. The molecule has 0 amide bonds. The van der Waals surface area contributed by atoms with Crippen molar-refractivity contribution in [2.45, 2.75) is 0 Å². The molecule has 118 valence electrons. The van der Waals surface area contributed by atoms with E-state index in [-0.39, 0.29) is 0 Å². The number of para-hydroxylation sites is 3. The maximum atomic E-state index is 4.83. The predicted molar refractivity (Wildman–Crippen MR) is 99.8 cm³/mol. The number of hydrogen-bond donors (Lipinski definition) is 0. The minimum Gasteiger partial charge on any atom is -0.368 e. The summed E-state index contributed by atoms with van der Waals surface area (Å²) in [5, 5.41) is 5.80. The molecule has 0 radical (unpaired) electrons. The fourth-order valence-corrected chi connectivity index (χ4v) is 3.81. The lowest BCUT2D eigenvalue weighted by atomic mass is 10.2. The van der Waals surface area contributed by atoms with E-state index in [4.69, 9.17) is 4.99 Å². The van der Waals surface area contributed by atoms with Crippen LogP contribution in [0, 0.1) is 0 Å². The van der Waals surface area contributed by atoms with E-state index in [1.807, 2.05) is 0 Å². The first-order chi connectivity index (χ1) is 11.4. The summed E-state index contributed by atoms with van der Waals surface area (Å²) >= 11 is 1.72. The van der Waals surface area contributed by atoms with Crippen LogP contribution in [0.3, 0.4) is 0 Å². The topological polar surface area (TPSA) is 22.1 Å². The Labute approximate surface area is 141 Å². The summed E-state index contributed by atoms with van der Waals surface area (Å²) in [4.78, 5) is 7.29. The van der Waals surface area contributed by atoms with E-state index >= 15 is 0 Å². The molecule has 0 aromatic heterocycles. The molecule has 0 N–H and O–H groups in total. The van der Waals surface area contributed by atoms with Crippen LogP contribution in [0.5, 0.6) is 0 Å². The van der Waals surface area contributed by atoms with Crippen molar-refractivity contribution in [3.8, 4) is 0 Å². The van der Waals surface area contributed by atoms with Gasteiger partial charge in [0.25, 0.3) is 0 Å². The molecule has 0 bridgehead atoms. The average molecular weight is 324 g/mol. The third kappa shape index (κ3) is 2.65. The van der Waals surface area contributed by atoms with Gasteiger partial charge in [-0.3, -0.25) is 10.0 Å². The van der Waals surface area contributed by atoms with Crippen molar-refractivity contribution >= 4 is 34.0 Å². The Hall–Kier alpha value is -2.14. The summed E-state index contributed by atoms with van der Waals surface area (Å²) in [5.41, 5.74) is 3.57. The van der Waals surface area contributed by atoms with Crippen LogP contribution >= 0.6 is 11.8 Å². The molecule has 2 aliphatic rings. The van der Waals surface area contributed by atoms with Crippen LogP contribution in [-0.2, 0) is 0 Å². The summed E-state index contributed by atoms with van der Waals surface area (Å²) in [6.07, 6.45) is 2.10. The Bertz CT molecular complexity index is 716. The second kappa shape index (κ2) is 6.16. The van der Waals surface area contributed by atoms with E-state index in [9.17, 15) is 0 Å². The highest BCUT2D eigenvalue weighted by molar-refractivity contribution is 8.13. The van der Waals surface area contributed by atoms with E-state index in [1.165, 1.54) is 11.4 Å². The SMILES string of the molecule is CSC1=Nc2ccccc2N2CCN(c3ccccc3)CCN12. The molecular formula is C18H20N4S. The zero-order valence-electron chi connectivity index (χ0n) is 13.2. The number of thioether (sulfide) groups is 1. The van der Waals surface area contributed by atoms with Crippen molar-refractivity contribution in [2.24, 2.45) is 4.99 Å². The molecule has 1 saturated heterocycles. The molecule has 0 unspecified atom stereocenters. The summed E-state index contributed by atoms with van der Waals surface area (Å²) < 4.78 is 0. The number of rotatable bonds is 1. The van der Waals surface area contributed by atoms with Crippen LogP contribution in [0.25, 0.3) is 0 Å². The third-order valence-corrected chi connectivity index (χ3v) is 5.02. The summed E-state index contributed by atoms with van der Waals surface area (Å²) in [6.45, 7) is 3.92. The first kappa shape index (κ1) is 14.5. The smallest absolute Gasteiger partial charge is 0.183 e. The molecule has 4 nitrogen and oxygen atoms in total. The minimum absolute atomic E-state index is 0.947. The van der Waals surface area contributed by atoms with Gasteiger partial charge in [-0.1, -0.05) is 42.1 Å². The zero-order chi connectivity index (χ0) is 15.6. The van der Waals surface area contributed by atoms with Gasteiger partial charge in [-0.05, 0) is 30.5 Å². The number of aliphatic imine (C=N–C) groups is 1. The number of anilines is 2. The molecule has 2 heterocycles. The molecule has 0 saturated carbocycles. The van der Waals surface area contributed by atoms with Gasteiger partial charge in [0.2, 0.25) is 0 Å². The zero-order valence-corrected chi connectivity index (χ0v) is 14.0. The van der Waals surface area contributed by atoms with Crippen LogP contribution < -0.4 is 9.91 Å². The first-order valence-electron chi connectivity index (χ1n) is 7.93. The number of hydrazine groups is 1. The molecule has 23 heavy (non-hydrogen) atoms. The van der Waals surface area contributed by atoms with Crippen molar-refractivity contribution in [1.82, 2.24) is 5.01 Å². The molecule has 0 aliphatic carbocycles. The van der Waals surface area contributed by atoms with Gasteiger partial charge in [0.1, 0.15) is 0 Å². The fraction of sp³-hybridized carbons (Fsp3) is 0.278. The van der Waals surface area contributed by atoms with Crippen LogP contribution in [0.4, 0.5) is 17.1 Å². The van der Waals surface area contributed by atoms with Gasteiger partial charge < -0.3 is 4.90 Å². The molecule has 5 heteroatoms. The number of hydrogen-bond acceptors (Lipinski definition) is 5. The maximum Gasteiger partial charge on any atom is 0.183 e. The summed E-state index contributed by atoms with van der Waals surface area (Å²) in [7, 11) is 0. The van der Waals surface area contributed by atoms with Gasteiger partial charge in [-0.2, -0.15) is 0 Å². The van der Waals surface area contributed by atoms with E-state index in [0.717, 1.165) is 37.0 Å². The van der Waals surface area contributed by atoms with Gasteiger partial charge in [-0.15, -0.1) is 0 Å². The lowest BCUT2D eigenvalue weighted by Gasteiger charge is -2.39. The monoisotopic (exact) mass is 324 g/mol. The van der Waals surface area contributed by atoms with E-state index in [2.05, 4.69) is 75.8 Å². The van der Waals surface area contributed by atoms with Crippen molar-refractivity contribution in [2.75, 3.05) is 42.3 Å². The van der Waals surface area contributed by atoms with Gasteiger partial charge in [0.05, 0.1) is 24.5 Å². The van der Waals surface area contributed by atoms with Crippen LogP contribution in [-0.4, -0.2) is 42.6 Å². The van der Waals surface area contributed by atoms with Crippen molar-refractivity contribution in [3.63, 3.8) is 0 Å². The minimum atomic E-state index is 0.947. The Morgan fingerprint density at radius 2 is 1.52 bits per heavy atom. The van der Waals surface area contributed by atoms with Crippen molar-refractivity contribution < 1.29 is 0 Å². The quantitative estimate of drug-likeness (QED) is 0.799. The highest BCUT2D eigenvalue weighted by atomic mass is 32.2. The lowest BCUT2D eigenvalue weighted by molar-refractivity contribution is 0.418. The fourth-order valence-electron chi connectivity index (χ4n) is 3.22. The Balaban J connectivity index is 1.66. The van der Waals surface area contributed by atoms with E-state index < -0.39 is 0 Å². The largest absolute Gasteiger partial charge is 0.368 e. The van der Waals surface area contributed by atoms with Crippen LogP contribution in [0.1, 0.15) is 0 Å². The Morgan fingerprint density at radius 3 is 2.30 bits per heavy atom. The average Bonchev–Trinajstić information content (AvgIpc) is 2.85. The lowest BCUT2D eigenvalue weighted by Crippen LogP contribution is -2.48. The summed E-state index contributed by atoms with van der Waals surface area (Å²) in [6, 6.07) is 19.1. The highest BCUT2D eigenvalue weighted by Crippen LogP contribution is 2.36. The number of nitrogens with zero attached hydrogens (tertiary/aromatic N) is 4.